The van der Waals surface area contributed by atoms with Crippen LogP contribution in [-0.4, -0.2) is 33.9 Å². The van der Waals surface area contributed by atoms with Gasteiger partial charge < -0.3 is 14.0 Å². The Morgan fingerprint density at radius 1 is 1.27 bits per heavy atom. The molecule has 0 bridgehead atoms. The van der Waals surface area contributed by atoms with Gasteiger partial charge in [0.1, 0.15) is 5.75 Å². The fourth-order valence-electron chi connectivity index (χ4n) is 2.41. The van der Waals surface area contributed by atoms with E-state index in [9.17, 15) is 13.6 Å². The average Bonchev–Trinajstić information content (AvgIpc) is 3.00. The predicted octanol–water partition coefficient (Wildman–Crippen LogP) is 3.68. The fraction of sp³-hybridized carbons (Fsp3) is 0.125. The van der Waals surface area contributed by atoms with Crippen LogP contribution < -0.4 is 9.04 Å². The smallest absolute Gasteiger partial charge is 0.337 e. The Bertz CT molecular complexity index is 1010. The number of benzene rings is 2. The van der Waals surface area contributed by atoms with Crippen molar-refractivity contribution in [3.8, 4) is 5.75 Å². The molecule has 0 aliphatic heterocycles. The van der Waals surface area contributed by atoms with Crippen molar-refractivity contribution in [3.63, 3.8) is 0 Å². The van der Waals surface area contributed by atoms with Gasteiger partial charge >= 0.3 is 5.97 Å². The van der Waals surface area contributed by atoms with Gasteiger partial charge in [0.25, 0.3) is 0 Å². The number of carbonyl (C=O) groups excluding carboxylic acids is 1. The summed E-state index contributed by atoms with van der Waals surface area (Å²) < 4.78 is 36.0. The van der Waals surface area contributed by atoms with Crippen LogP contribution in [0.15, 0.2) is 36.4 Å². The summed E-state index contributed by atoms with van der Waals surface area (Å²) in [5, 5.41) is 0. The minimum Gasteiger partial charge on any atom is -0.755 e. The first-order chi connectivity index (χ1) is 12.4. The molecule has 1 aromatic heterocycles. The molecule has 0 spiro atoms. The van der Waals surface area contributed by atoms with E-state index in [4.69, 9.17) is 16.3 Å². The summed E-state index contributed by atoms with van der Waals surface area (Å²) in [7, 11) is 2.64. The second-order valence-corrected chi connectivity index (χ2v) is 7.42. The maximum atomic E-state index is 11.9. The van der Waals surface area contributed by atoms with Crippen LogP contribution in [0.25, 0.3) is 10.2 Å². The van der Waals surface area contributed by atoms with Crippen LogP contribution in [0, 0.1) is 0 Å². The van der Waals surface area contributed by atoms with Crippen LogP contribution in [0.3, 0.4) is 0 Å². The normalized spacial score (nSPS) is 12.0. The number of anilines is 2. The van der Waals surface area contributed by atoms with Crippen molar-refractivity contribution in [3.05, 3.63) is 46.4 Å². The molecule has 3 aromatic rings. The van der Waals surface area contributed by atoms with E-state index in [2.05, 4.69) is 9.72 Å². The number of hydrogen-bond donors (Lipinski definition) is 0. The van der Waals surface area contributed by atoms with Crippen molar-refractivity contribution in [2.24, 2.45) is 0 Å². The maximum Gasteiger partial charge on any atom is 0.337 e. The molecule has 26 heavy (non-hydrogen) atoms. The Balaban J connectivity index is 2.12. The lowest BCUT2D eigenvalue weighted by atomic mass is 10.1. The van der Waals surface area contributed by atoms with E-state index in [1.54, 1.807) is 18.2 Å². The lowest BCUT2D eigenvalue weighted by Crippen LogP contribution is -2.20. The number of nitrogens with zero attached hydrogens (tertiary/aromatic N) is 2. The molecule has 3 rings (SSSR count). The van der Waals surface area contributed by atoms with Gasteiger partial charge in [-0.1, -0.05) is 11.6 Å². The number of rotatable bonds is 5. The van der Waals surface area contributed by atoms with E-state index in [1.807, 2.05) is 0 Å². The van der Waals surface area contributed by atoms with Crippen LogP contribution >= 0.6 is 22.9 Å². The molecule has 0 aliphatic rings. The highest BCUT2D eigenvalue weighted by molar-refractivity contribution is 7.81. The molecule has 0 fully saturated rings. The number of ether oxygens (including phenoxy) is 2. The molecular formula is C16H12ClN2O5S2-. The Hall–Kier alpha value is -2.20. The molecule has 7 nitrogen and oxygen atoms in total. The molecule has 0 N–H and O–H groups in total. The number of halogens is 1. The van der Waals surface area contributed by atoms with Gasteiger partial charge in [0.15, 0.2) is 4.47 Å². The SMILES string of the molecule is COC(=O)c1ccc(N(c2ccc3sc(Cl)nc3c2)S(=O)[O-])c(OC)c1. The summed E-state index contributed by atoms with van der Waals surface area (Å²) in [4.78, 5) is 15.8. The van der Waals surface area contributed by atoms with Crippen molar-refractivity contribution in [2.45, 2.75) is 0 Å². The summed E-state index contributed by atoms with van der Waals surface area (Å²) in [6.07, 6.45) is 0. The number of fused-ring (bicyclic) bond motifs is 1. The first kappa shape index (κ1) is 18.6. The molecule has 1 heterocycles. The third-order valence-electron chi connectivity index (χ3n) is 3.55. The molecule has 10 heteroatoms. The Kier molecular flexibility index (Phi) is 5.42. The highest BCUT2D eigenvalue weighted by Gasteiger charge is 2.19. The number of methoxy groups -OCH3 is 2. The van der Waals surface area contributed by atoms with Gasteiger partial charge in [-0.25, -0.2) is 9.78 Å². The number of thiazole rings is 1. The van der Waals surface area contributed by atoms with Crippen molar-refractivity contribution in [1.82, 2.24) is 4.98 Å². The van der Waals surface area contributed by atoms with E-state index in [0.29, 0.717) is 15.7 Å². The molecule has 0 aliphatic carbocycles. The summed E-state index contributed by atoms with van der Waals surface area (Å²) in [6.45, 7) is 0. The number of esters is 1. The largest absolute Gasteiger partial charge is 0.755 e. The van der Waals surface area contributed by atoms with E-state index in [1.165, 1.54) is 43.8 Å². The molecule has 2 aromatic carbocycles. The first-order valence-corrected chi connectivity index (χ1v) is 9.39. The highest BCUT2D eigenvalue weighted by Crippen LogP contribution is 2.37. The highest BCUT2D eigenvalue weighted by atomic mass is 35.5. The quantitative estimate of drug-likeness (QED) is 0.469. The third kappa shape index (κ3) is 3.51. The molecule has 0 radical (unpaired) electrons. The van der Waals surface area contributed by atoms with Crippen molar-refractivity contribution in [1.29, 1.82) is 0 Å². The standard InChI is InChI=1S/C16H13ClN2O5S2/c1-23-13-7-9(15(20)24-2)3-5-12(13)19(26(21)22)10-4-6-14-11(8-10)18-16(17)25-14/h3-8H,1-2H3,(H,21,22)/p-1. The molecule has 1 atom stereocenters. The van der Waals surface area contributed by atoms with Gasteiger partial charge in [0.2, 0.25) is 0 Å². The summed E-state index contributed by atoms with van der Waals surface area (Å²) >= 11 is 4.57. The van der Waals surface area contributed by atoms with Crippen LogP contribution in [0.5, 0.6) is 5.75 Å². The minimum atomic E-state index is -2.64. The number of hydrogen-bond acceptors (Lipinski definition) is 7. The van der Waals surface area contributed by atoms with Crippen molar-refractivity contribution >= 4 is 61.8 Å². The summed E-state index contributed by atoms with van der Waals surface area (Å²) in [5.41, 5.74) is 1.43. The molecule has 0 amide bonds. The first-order valence-electron chi connectivity index (χ1n) is 7.16. The Morgan fingerprint density at radius 3 is 2.69 bits per heavy atom. The Morgan fingerprint density at radius 2 is 2.04 bits per heavy atom. The zero-order chi connectivity index (χ0) is 18.8. The summed E-state index contributed by atoms with van der Waals surface area (Å²) in [5.74, 6) is -0.350. The van der Waals surface area contributed by atoms with Crippen LogP contribution in [0.4, 0.5) is 11.4 Å². The monoisotopic (exact) mass is 411 g/mol. The second kappa shape index (κ2) is 7.58. The lowest BCUT2D eigenvalue weighted by molar-refractivity contribution is 0.0600. The number of aromatic nitrogens is 1. The van der Waals surface area contributed by atoms with E-state index >= 15 is 0 Å². The van der Waals surface area contributed by atoms with Gasteiger partial charge in [0, 0.05) is 0 Å². The summed E-state index contributed by atoms with van der Waals surface area (Å²) in [6, 6.07) is 9.34. The third-order valence-corrected chi connectivity index (χ3v) is 5.39. The van der Waals surface area contributed by atoms with E-state index in [-0.39, 0.29) is 17.0 Å². The van der Waals surface area contributed by atoms with E-state index < -0.39 is 17.2 Å². The Labute approximate surface area is 160 Å². The van der Waals surface area contributed by atoms with Crippen molar-refractivity contribution < 1.29 is 23.0 Å². The van der Waals surface area contributed by atoms with Crippen LogP contribution in [0.2, 0.25) is 4.47 Å². The minimum absolute atomic E-state index is 0.202. The van der Waals surface area contributed by atoms with Gasteiger partial charge in [-0.15, -0.1) is 11.3 Å². The van der Waals surface area contributed by atoms with Gasteiger partial charge in [-0.2, -0.15) is 0 Å². The predicted molar refractivity (Wildman–Crippen MR) is 100 cm³/mol. The van der Waals surface area contributed by atoms with Crippen molar-refractivity contribution in [2.75, 3.05) is 18.5 Å². The zero-order valence-electron chi connectivity index (χ0n) is 13.6. The molecule has 0 saturated carbocycles. The molecular weight excluding hydrogens is 400 g/mol. The van der Waals surface area contributed by atoms with Gasteiger partial charge in [-0.05, 0) is 36.4 Å². The molecule has 136 valence electrons. The van der Waals surface area contributed by atoms with Gasteiger partial charge in [0.05, 0.1) is 52.6 Å². The maximum absolute atomic E-state index is 11.9. The van der Waals surface area contributed by atoms with Crippen LogP contribution in [0.1, 0.15) is 10.4 Å². The topological polar surface area (TPSA) is 91.8 Å². The van der Waals surface area contributed by atoms with Gasteiger partial charge in [-0.3, -0.25) is 8.51 Å². The zero-order valence-corrected chi connectivity index (χ0v) is 16.0. The molecule has 0 saturated heterocycles. The fourth-order valence-corrected chi connectivity index (χ4v) is 4.02. The lowest BCUT2D eigenvalue weighted by Gasteiger charge is -2.28. The average molecular weight is 412 g/mol. The molecule has 1 unspecified atom stereocenters. The number of carbonyl (C=O) groups is 1. The second-order valence-electron chi connectivity index (χ2n) is 5.01. The van der Waals surface area contributed by atoms with E-state index in [0.717, 1.165) is 9.01 Å². The van der Waals surface area contributed by atoms with Crippen LogP contribution in [-0.2, 0) is 16.0 Å².